The Morgan fingerprint density at radius 3 is 1.83 bits per heavy atom. The van der Waals surface area contributed by atoms with E-state index in [0.717, 1.165) is 12.1 Å². The SMILES string of the molecule is COc1c(C)cc(-c2c(F)c(F)c(F)c(F)c2-c2ccccc2S(N)(=O)=O)cc1C. The van der Waals surface area contributed by atoms with E-state index in [4.69, 9.17) is 9.88 Å². The molecule has 0 spiro atoms. The number of nitrogens with two attached hydrogens (primary N) is 1. The summed E-state index contributed by atoms with van der Waals surface area (Å²) in [6, 6.07) is 7.68. The van der Waals surface area contributed by atoms with Crippen molar-refractivity contribution >= 4 is 10.0 Å². The van der Waals surface area contributed by atoms with Crippen molar-refractivity contribution in [3.63, 3.8) is 0 Å². The van der Waals surface area contributed by atoms with E-state index in [1.165, 1.54) is 31.4 Å². The fraction of sp³-hybridized carbons (Fsp3) is 0.143. The van der Waals surface area contributed by atoms with E-state index in [1.54, 1.807) is 13.8 Å². The number of methoxy groups -OCH3 is 1. The molecule has 0 aliphatic rings. The summed E-state index contributed by atoms with van der Waals surface area (Å²) in [7, 11) is -2.95. The van der Waals surface area contributed by atoms with Crippen molar-refractivity contribution in [3.8, 4) is 28.0 Å². The molecular weight excluding hydrogens is 422 g/mol. The predicted molar refractivity (Wildman–Crippen MR) is 105 cm³/mol. The smallest absolute Gasteiger partial charge is 0.238 e. The molecule has 2 N–H and O–H groups in total. The monoisotopic (exact) mass is 439 g/mol. The van der Waals surface area contributed by atoms with Crippen LogP contribution in [0.4, 0.5) is 17.6 Å². The average Bonchev–Trinajstić information content (AvgIpc) is 2.68. The molecule has 0 aliphatic heterocycles. The standard InChI is InChI=1S/C21H17F4NO3S/c1-10-8-12(9-11(2)21(10)29-3)15-16(18(23)20(25)19(24)17(15)22)13-6-4-5-7-14(13)30(26,27)28/h4-9H,1-3H3,(H2,26,27,28). The van der Waals surface area contributed by atoms with Gasteiger partial charge in [-0.25, -0.2) is 31.1 Å². The number of ether oxygens (including phenoxy) is 1. The molecule has 0 bridgehead atoms. The van der Waals surface area contributed by atoms with Crippen LogP contribution in [-0.2, 0) is 10.0 Å². The summed E-state index contributed by atoms with van der Waals surface area (Å²) in [5, 5.41) is 5.20. The second-order valence-electron chi connectivity index (χ2n) is 6.69. The minimum absolute atomic E-state index is 0.0142. The highest BCUT2D eigenvalue weighted by molar-refractivity contribution is 7.89. The van der Waals surface area contributed by atoms with Crippen molar-refractivity contribution in [1.82, 2.24) is 0 Å². The molecule has 0 radical (unpaired) electrons. The molecule has 4 nitrogen and oxygen atoms in total. The van der Waals surface area contributed by atoms with Crippen LogP contribution in [0.5, 0.6) is 5.75 Å². The van der Waals surface area contributed by atoms with Crippen molar-refractivity contribution < 1.29 is 30.7 Å². The average molecular weight is 439 g/mol. The first-order valence-corrected chi connectivity index (χ1v) is 10.2. The summed E-state index contributed by atoms with van der Waals surface area (Å²) >= 11 is 0. The summed E-state index contributed by atoms with van der Waals surface area (Å²) in [6.45, 7) is 3.28. The number of aryl methyl sites for hydroxylation is 2. The van der Waals surface area contributed by atoms with Crippen molar-refractivity contribution in [3.05, 3.63) is 70.8 Å². The molecule has 0 atom stereocenters. The normalized spacial score (nSPS) is 11.6. The number of hydrogen-bond donors (Lipinski definition) is 1. The predicted octanol–water partition coefficient (Wildman–Crippen LogP) is 4.85. The van der Waals surface area contributed by atoms with Gasteiger partial charge in [-0.1, -0.05) is 18.2 Å². The van der Waals surface area contributed by atoms with E-state index in [0.29, 0.717) is 16.9 Å². The Morgan fingerprint density at radius 2 is 1.33 bits per heavy atom. The summed E-state index contributed by atoms with van der Waals surface area (Å²) in [6.07, 6.45) is 0. The van der Waals surface area contributed by atoms with Crippen LogP contribution >= 0.6 is 0 Å². The van der Waals surface area contributed by atoms with Crippen LogP contribution < -0.4 is 9.88 Å². The molecule has 0 saturated carbocycles. The molecule has 3 rings (SSSR count). The van der Waals surface area contributed by atoms with E-state index >= 15 is 0 Å². The third kappa shape index (κ3) is 3.54. The van der Waals surface area contributed by atoms with Crippen LogP contribution in [0, 0.1) is 37.1 Å². The lowest BCUT2D eigenvalue weighted by Crippen LogP contribution is -2.14. The van der Waals surface area contributed by atoms with Crippen LogP contribution in [0.3, 0.4) is 0 Å². The van der Waals surface area contributed by atoms with Crippen LogP contribution in [0.15, 0.2) is 41.3 Å². The van der Waals surface area contributed by atoms with Crippen LogP contribution in [-0.4, -0.2) is 15.5 Å². The van der Waals surface area contributed by atoms with Gasteiger partial charge in [-0.05, 0) is 48.7 Å². The first-order valence-electron chi connectivity index (χ1n) is 8.62. The van der Waals surface area contributed by atoms with Crippen molar-refractivity contribution in [2.75, 3.05) is 7.11 Å². The molecule has 3 aromatic carbocycles. The Hall–Kier alpha value is -2.91. The molecule has 158 valence electrons. The summed E-state index contributed by atoms with van der Waals surface area (Å²) < 4.78 is 87.4. The first-order chi connectivity index (χ1) is 14.0. The maximum absolute atomic E-state index is 15.0. The number of halogens is 4. The molecular formula is C21H17F4NO3S. The van der Waals surface area contributed by atoms with E-state index in [-0.39, 0.29) is 5.56 Å². The number of hydrogen-bond acceptors (Lipinski definition) is 3. The minimum Gasteiger partial charge on any atom is -0.496 e. The summed E-state index contributed by atoms with van der Waals surface area (Å²) in [5.41, 5.74) is -0.696. The van der Waals surface area contributed by atoms with Gasteiger partial charge in [0.05, 0.1) is 12.0 Å². The third-order valence-corrected chi connectivity index (χ3v) is 5.65. The van der Waals surface area contributed by atoms with Crippen LogP contribution in [0.1, 0.15) is 11.1 Å². The Labute approximate surface area is 171 Å². The van der Waals surface area contributed by atoms with Gasteiger partial charge < -0.3 is 4.74 Å². The van der Waals surface area contributed by atoms with E-state index in [2.05, 4.69) is 0 Å². The van der Waals surface area contributed by atoms with Gasteiger partial charge in [0.15, 0.2) is 23.3 Å². The van der Waals surface area contributed by atoms with Gasteiger partial charge in [-0.3, -0.25) is 0 Å². The molecule has 0 aliphatic carbocycles. The Morgan fingerprint density at radius 1 is 0.833 bits per heavy atom. The van der Waals surface area contributed by atoms with Crippen molar-refractivity contribution in [2.24, 2.45) is 5.14 Å². The molecule has 0 fully saturated rings. The second kappa shape index (κ2) is 7.73. The lowest BCUT2D eigenvalue weighted by atomic mass is 9.91. The maximum atomic E-state index is 15.0. The highest BCUT2D eigenvalue weighted by Gasteiger charge is 2.30. The molecule has 3 aromatic rings. The maximum Gasteiger partial charge on any atom is 0.238 e. The number of primary sulfonamides is 1. The van der Waals surface area contributed by atoms with E-state index < -0.39 is 54.9 Å². The molecule has 0 amide bonds. The zero-order valence-corrected chi connectivity index (χ0v) is 17.0. The zero-order valence-electron chi connectivity index (χ0n) is 16.2. The number of sulfonamides is 1. The molecule has 0 unspecified atom stereocenters. The zero-order chi connectivity index (χ0) is 22.4. The van der Waals surface area contributed by atoms with Gasteiger partial charge >= 0.3 is 0 Å². The van der Waals surface area contributed by atoms with Crippen molar-refractivity contribution in [2.45, 2.75) is 18.7 Å². The fourth-order valence-electron chi connectivity index (χ4n) is 3.49. The summed E-state index contributed by atoms with van der Waals surface area (Å²) in [5.74, 6) is -6.97. The molecule has 9 heteroatoms. The van der Waals surface area contributed by atoms with Crippen molar-refractivity contribution in [1.29, 1.82) is 0 Å². The quantitative estimate of drug-likeness (QED) is 0.359. The minimum atomic E-state index is -4.39. The topological polar surface area (TPSA) is 69.4 Å². The molecule has 30 heavy (non-hydrogen) atoms. The van der Waals surface area contributed by atoms with Crippen LogP contribution in [0.2, 0.25) is 0 Å². The highest BCUT2D eigenvalue weighted by Crippen LogP contribution is 2.42. The molecule has 0 heterocycles. The van der Waals surface area contributed by atoms with E-state index in [9.17, 15) is 26.0 Å². The van der Waals surface area contributed by atoms with Gasteiger partial charge in [-0.15, -0.1) is 0 Å². The van der Waals surface area contributed by atoms with Gasteiger partial charge in [0, 0.05) is 16.7 Å². The van der Waals surface area contributed by atoms with Gasteiger partial charge in [0.1, 0.15) is 5.75 Å². The first kappa shape index (κ1) is 21.8. The van der Waals surface area contributed by atoms with Gasteiger partial charge in [0.25, 0.3) is 0 Å². The Kier molecular flexibility index (Phi) is 5.62. The largest absolute Gasteiger partial charge is 0.496 e. The molecule has 0 aromatic heterocycles. The second-order valence-corrected chi connectivity index (χ2v) is 8.22. The highest BCUT2D eigenvalue weighted by atomic mass is 32.2. The molecule has 0 saturated heterocycles. The number of rotatable bonds is 4. The third-order valence-electron chi connectivity index (χ3n) is 4.68. The Bertz CT molecular complexity index is 1250. The van der Waals surface area contributed by atoms with Gasteiger partial charge in [-0.2, -0.15) is 0 Å². The van der Waals surface area contributed by atoms with Crippen LogP contribution in [0.25, 0.3) is 22.3 Å². The lowest BCUT2D eigenvalue weighted by Gasteiger charge is -2.18. The van der Waals surface area contributed by atoms with E-state index in [1.807, 2.05) is 0 Å². The Balaban J connectivity index is 2.52. The number of benzene rings is 3. The van der Waals surface area contributed by atoms with Gasteiger partial charge in [0.2, 0.25) is 10.0 Å². The summed E-state index contributed by atoms with van der Waals surface area (Å²) in [4.78, 5) is -0.558. The fourth-order valence-corrected chi connectivity index (χ4v) is 4.24. The lowest BCUT2D eigenvalue weighted by molar-refractivity contribution is 0.408.